The summed E-state index contributed by atoms with van der Waals surface area (Å²) in [5.41, 5.74) is 8.38. The van der Waals surface area contributed by atoms with Gasteiger partial charge in [0, 0.05) is 11.9 Å². The van der Waals surface area contributed by atoms with Crippen LogP contribution in [0.15, 0.2) is 28.7 Å². The Bertz CT molecular complexity index is 529. The van der Waals surface area contributed by atoms with E-state index in [0.29, 0.717) is 0 Å². The third-order valence-corrected chi connectivity index (χ3v) is 3.78. The minimum Gasteiger partial charge on any atom is -0.459 e. The number of hydrogen-bond donors (Lipinski definition) is 1. The van der Waals surface area contributed by atoms with Crippen molar-refractivity contribution in [1.29, 1.82) is 0 Å². The molecule has 1 aromatic carbocycles. The van der Waals surface area contributed by atoms with E-state index in [1.807, 2.05) is 0 Å². The minimum absolute atomic E-state index is 0.0209. The minimum atomic E-state index is -0.0209. The van der Waals surface area contributed by atoms with E-state index in [-0.39, 0.29) is 6.04 Å². The largest absolute Gasteiger partial charge is 0.459 e. The Morgan fingerprint density at radius 2 is 2.00 bits per heavy atom. The van der Waals surface area contributed by atoms with Crippen LogP contribution < -0.4 is 5.73 Å². The van der Waals surface area contributed by atoms with Gasteiger partial charge in [0.1, 0.15) is 11.3 Å². The Hall–Kier alpha value is -1.32. The van der Waals surface area contributed by atoms with Crippen molar-refractivity contribution in [2.45, 2.75) is 33.2 Å². The fraction of sp³-hybridized carbons (Fsp3) is 0.500. The normalized spacial score (nSPS) is 13.3. The van der Waals surface area contributed by atoms with Gasteiger partial charge in [-0.05, 0) is 38.1 Å². The molecule has 0 amide bonds. The highest BCUT2D eigenvalue weighted by atomic mass is 16.3. The summed E-state index contributed by atoms with van der Waals surface area (Å²) in [7, 11) is 0. The van der Waals surface area contributed by atoms with Crippen molar-refractivity contribution in [2.24, 2.45) is 5.73 Å². The van der Waals surface area contributed by atoms with E-state index in [4.69, 9.17) is 10.2 Å². The second-order valence-corrected chi connectivity index (χ2v) is 5.06. The number of aryl methyl sites for hydroxylation is 1. The van der Waals surface area contributed by atoms with Gasteiger partial charge >= 0.3 is 0 Å². The van der Waals surface area contributed by atoms with Crippen molar-refractivity contribution in [3.63, 3.8) is 0 Å². The zero-order valence-electron chi connectivity index (χ0n) is 12.1. The number of nitrogens with zero attached hydrogens (tertiary/aromatic N) is 1. The van der Waals surface area contributed by atoms with Crippen molar-refractivity contribution in [1.82, 2.24) is 4.90 Å². The van der Waals surface area contributed by atoms with Crippen LogP contribution in [0.3, 0.4) is 0 Å². The van der Waals surface area contributed by atoms with Crippen LogP contribution in [0.2, 0.25) is 0 Å². The molecule has 3 nitrogen and oxygen atoms in total. The summed E-state index contributed by atoms with van der Waals surface area (Å²) in [4.78, 5) is 2.38. The highest BCUT2D eigenvalue weighted by Gasteiger charge is 2.13. The van der Waals surface area contributed by atoms with E-state index >= 15 is 0 Å². The highest BCUT2D eigenvalue weighted by Crippen LogP contribution is 2.26. The smallest absolute Gasteiger partial charge is 0.137 e. The lowest BCUT2D eigenvalue weighted by Gasteiger charge is -2.19. The van der Waals surface area contributed by atoms with Crippen molar-refractivity contribution in [2.75, 3.05) is 19.6 Å². The van der Waals surface area contributed by atoms with Gasteiger partial charge in [0.25, 0.3) is 0 Å². The van der Waals surface area contributed by atoms with E-state index in [9.17, 15) is 0 Å². The molecule has 0 aliphatic carbocycles. The summed E-state index contributed by atoms with van der Waals surface area (Å²) in [5.74, 6) is 0.899. The van der Waals surface area contributed by atoms with Crippen molar-refractivity contribution >= 4 is 11.0 Å². The summed E-state index contributed by atoms with van der Waals surface area (Å²) < 4.78 is 5.92. The van der Waals surface area contributed by atoms with Gasteiger partial charge in [-0.2, -0.15) is 0 Å². The maximum atomic E-state index is 6.25. The van der Waals surface area contributed by atoms with Crippen LogP contribution in [0.25, 0.3) is 11.0 Å². The average Bonchev–Trinajstić information content (AvgIpc) is 2.85. The first-order chi connectivity index (χ1) is 9.15. The Morgan fingerprint density at radius 1 is 1.26 bits per heavy atom. The van der Waals surface area contributed by atoms with Gasteiger partial charge in [0.15, 0.2) is 0 Å². The molecule has 0 aliphatic rings. The molecule has 0 spiro atoms. The van der Waals surface area contributed by atoms with Gasteiger partial charge in [-0.1, -0.05) is 32.0 Å². The van der Waals surface area contributed by atoms with Crippen LogP contribution in [-0.4, -0.2) is 24.5 Å². The van der Waals surface area contributed by atoms with Crippen LogP contribution in [0.1, 0.15) is 37.6 Å². The average molecular weight is 260 g/mol. The molecule has 19 heavy (non-hydrogen) atoms. The first-order valence-corrected chi connectivity index (χ1v) is 7.12. The Morgan fingerprint density at radius 3 is 2.63 bits per heavy atom. The molecule has 0 saturated heterocycles. The molecule has 3 heteroatoms. The van der Waals surface area contributed by atoms with E-state index in [0.717, 1.165) is 42.8 Å². The van der Waals surface area contributed by atoms with Crippen LogP contribution in [0.5, 0.6) is 0 Å². The SMILES string of the molecule is CCN(CC)CCC(N)c1cc2cccc(C)c2o1. The fourth-order valence-electron chi connectivity index (χ4n) is 2.42. The lowest BCUT2D eigenvalue weighted by Crippen LogP contribution is -2.26. The Labute approximate surface area is 115 Å². The number of furan rings is 1. The van der Waals surface area contributed by atoms with E-state index in [1.165, 1.54) is 5.56 Å². The number of rotatable bonds is 6. The van der Waals surface area contributed by atoms with Crippen LogP contribution in [0.4, 0.5) is 0 Å². The lowest BCUT2D eigenvalue weighted by atomic mass is 10.1. The predicted molar refractivity (Wildman–Crippen MR) is 80.3 cm³/mol. The molecule has 1 heterocycles. The summed E-state index contributed by atoms with van der Waals surface area (Å²) in [5, 5.41) is 1.15. The second-order valence-electron chi connectivity index (χ2n) is 5.06. The summed E-state index contributed by atoms with van der Waals surface area (Å²) in [6, 6.07) is 8.25. The Balaban J connectivity index is 2.09. The molecule has 0 radical (unpaired) electrons. The molecule has 0 bridgehead atoms. The van der Waals surface area contributed by atoms with Gasteiger partial charge < -0.3 is 15.1 Å². The maximum Gasteiger partial charge on any atom is 0.137 e. The van der Waals surface area contributed by atoms with E-state index < -0.39 is 0 Å². The lowest BCUT2D eigenvalue weighted by molar-refractivity contribution is 0.285. The third-order valence-electron chi connectivity index (χ3n) is 3.78. The molecule has 2 aromatic rings. The molecule has 104 valence electrons. The van der Waals surface area contributed by atoms with Gasteiger partial charge in [-0.3, -0.25) is 0 Å². The predicted octanol–water partition coefficient (Wildman–Crippen LogP) is 3.47. The summed E-state index contributed by atoms with van der Waals surface area (Å²) in [6.45, 7) is 9.59. The molecule has 1 atom stereocenters. The third kappa shape index (κ3) is 3.17. The van der Waals surface area contributed by atoms with Gasteiger partial charge in [0.2, 0.25) is 0 Å². The summed E-state index contributed by atoms with van der Waals surface area (Å²) >= 11 is 0. The van der Waals surface area contributed by atoms with Crippen molar-refractivity contribution < 1.29 is 4.42 Å². The topological polar surface area (TPSA) is 42.4 Å². The van der Waals surface area contributed by atoms with Gasteiger partial charge in [0.05, 0.1) is 6.04 Å². The first-order valence-electron chi connectivity index (χ1n) is 7.12. The van der Waals surface area contributed by atoms with Crippen LogP contribution in [-0.2, 0) is 0 Å². The molecule has 0 fully saturated rings. The second kappa shape index (κ2) is 6.22. The monoisotopic (exact) mass is 260 g/mol. The van der Waals surface area contributed by atoms with Gasteiger partial charge in [-0.25, -0.2) is 0 Å². The standard InChI is InChI=1S/C16H24N2O/c1-4-18(5-2)10-9-14(17)15-11-13-8-6-7-12(3)16(13)19-15/h6-8,11,14H,4-5,9-10,17H2,1-3H3. The number of nitrogens with two attached hydrogens (primary N) is 1. The number of para-hydroxylation sites is 1. The van der Waals surface area contributed by atoms with E-state index in [2.05, 4.69) is 49.9 Å². The zero-order chi connectivity index (χ0) is 13.8. The molecule has 1 aromatic heterocycles. The molecular weight excluding hydrogens is 236 g/mol. The van der Waals surface area contributed by atoms with Crippen LogP contribution in [0, 0.1) is 6.92 Å². The fourth-order valence-corrected chi connectivity index (χ4v) is 2.42. The zero-order valence-corrected chi connectivity index (χ0v) is 12.1. The highest BCUT2D eigenvalue weighted by molar-refractivity contribution is 5.80. The van der Waals surface area contributed by atoms with Crippen LogP contribution >= 0.6 is 0 Å². The Kier molecular flexibility index (Phi) is 4.61. The van der Waals surface area contributed by atoms with E-state index in [1.54, 1.807) is 0 Å². The number of benzene rings is 1. The molecular formula is C16H24N2O. The quantitative estimate of drug-likeness (QED) is 0.864. The molecule has 0 aliphatic heterocycles. The molecule has 2 N–H and O–H groups in total. The van der Waals surface area contributed by atoms with Crippen molar-refractivity contribution in [3.8, 4) is 0 Å². The number of hydrogen-bond acceptors (Lipinski definition) is 3. The number of fused-ring (bicyclic) bond motifs is 1. The molecule has 0 saturated carbocycles. The molecule has 2 rings (SSSR count). The summed E-state index contributed by atoms with van der Waals surface area (Å²) in [6.07, 6.45) is 0.931. The van der Waals surface area contributed by atoms with Gasteiger partial charge in [-0.15, -0.1) is 0 Å². The molecule has 1 unspecified atom stereocenters. The van der Waals surface area contributed by atoms with Crippen molar-refractivity contribution in [3.05, 3.63) is 35.6 Å². The first kappa shape index (κ1) is 14.1. The maximum absolute atomic E-state index is 6.25.